The van der Waals surface area contributed by atoms with Gasteiger partial charge < -0.3 is 15.8 Å². The second kappa shape index (κ2) is 11.2. The molecule has 1 fully saturated rings. The molecule has 144 valence electrons. The molecule has 1 heterocycles. The molecular weight excluding hydrogens is 392 g/mol. The fraction of sp³-hybridized carbons (Fsp3) is 0.562. The zero-order chi connectivity index (χ0) is 17.0. The van der Waals surface area contributed by atoms with Gasteiger partial charge in [0.15, 0.2) is 0 Å². The Balaban J connectivity index is 0.00000288. The van der Waals surface area contributed by atoms with E-state index in [1.165, 1.54) is 6.07 Å². The summed E-state index contributed by atoms with van der Waals surface area (Å²) in [7, 11) is 0. The number of carbonyl (C=O) groups is 1. The van der Waals surface area contributed by atoms with Gasteiger partial charge in [0.2, 0.25) is 5.91 Å². The lowest BCUT2D eigenvalue weighted by molar-refractivity contribution is -0.122. The number of carbonyl (C=O) groups excluding carboxylic acids is 1. The molecule has 1 aromatic rings. The van der Waals surface area contributed by atoms with Gasteiger partial charge in [-0.05, 0) is 26.0 Å². The Bertz CT molecular complexity index is 543. The monoisotopic (exact) mass is 415 g/mol. The number of nitrogens with one attached hydrogen (secondary N) is 1. The molecular formula is C16H25Cl3FN3O2. The molecule has 0 spiro atoms. The van der Waals surface area contributed by atoms with Crippen molar-refractivity contribution in [3.63, 3.8) is 0 Å². The summed E-state index contributed by atoms with van der Waals surface area (Å²) in [6.45, 7) is 5.67. The number of morpholine rings is 1. The Morgan fingerprint density at radius 2 is 2.20 bits per heavy atom. The third kappa shape index (κ3) is 6.55. The predicted octanol–water partition coefficient (Wildman–Crippen LogP) is 2.55. The number of nitrogens with zero attached hydrogens (tertiary/aromatic N) is 1. The zero-order valence-corrected chi connectivity index (χ0v) is 16.6. The molecule has 5 nitrogen and oxygen atoms in total. The average molecular weight is 417 g/mol. The van der Waals surface area contributed by atoms with Crippen LogP contribution in [0.1, 0.15) is 25.5 Å². The van der Waals surface area contributed by atoms with E-state index in [4.69, 9.17) is 22.1 Å². The lowest BCUT2D eigenvalue weighted by atomic mass is 10.0. The SMILES string of the molecule is CC1CN(C(CNC(=O)[C@@H](C)N)c2c(F)cccc2Cl)CCO1.Cl.Cl. The van der Waals surface area contributed by atoms with E-state index in [2.05, 4.69) is 10.2 Å². The van der Waals surface area contributed by atoms with E-state index < -0.39 is 6.04 Å². The summed E-state index contributed by atoms with van der Waals surface area (Å²) in [5.74, 6) is -0.652. The molecule has 1 saturated heterocycles. The van der Waals surface area contributed by atoms with Gasteiger partial charge in [-0.15, -0.1) is 24.8 Å². The number of hydrogen-bond donors (Lipinski definition) is 2. The molecule has 1 amide bonds. The van der Waals surface area contributed by atoms with Crippen LogP contribution in [-0.2, 0) is 9.53 Å². The molecule has 2 unspecified atom stereocenters. The number of nitrogens with two attached hydrogens (primary N) is 1. The molecule has 0 bridgehead atoms. The van der Waals surface area contributed by atoms with Crippen molar-refractivity contribution in [2.75, 3.05) is 26.2 Å². The van der Waals surface area contributed by atoms with Gasteiger partial charge in [-0.25, -0.2) is 4.39 Å². The molecule has 9 heteroatoms. The van der Waals surface area contributed by atoms with Crippen molar-refractivity contribution in [1.82, 2.24) is 10.2 Å². The van der Waals surface area contributed by atoms with Crippen LogP contribution in [0, 0.1) is 5.82 Å². The van der Waals surface area contributed by atoms with E-state index in [-0.39, 0.29) is 55.2 Å². The largest absolute Gasteiger partial charge is 0.376 e. The normalized spacial score (nSPS) is 20.0. The van der Waals surface area contributed by atoms with Crippen LogP contribution in [0.4, 0.5) is 4.39 Å². The number of rotatable bonds is 5. The summed E-state index contributed by atoms with van der Waals surface area (Å²) in [5.41, 5.74) is 5.97. The van der Waals surface area contributed by atoms with Crippen molar-refractivity contribution in [3.05, 3.63) is 34.6 Å². The average Bonchev–Trinajstić information content (AvgIpc) is 2.49. The molecule has 0 aliphatic carbocycles. The van der Waals surface area contributed by atoms with Crippen molar-refractivity contribution in [2.45, 2.75) is 32.0 Å². The lowest BCUT2D eigenvalue weighted by Crippen LogP contribution is -2.48. The fourth-order valence-corrected chi connectivity index (χ4v) is 3.02. The minimum absolute atomic E-state index is 0. The van der Waals surface area contributed by atoms with Gasteiger partial charge in [-0.1, -0.05) is 17.7 Å². The molecule has 0 radical (unpaired) electrons. The first-order valence-electron chi connectivity index (χ1n) is 7.73. The third-order valence-electron chi connectivity index (χ3n) is 3.93. The lowest BCUT2D eigenvalue weighted by Gasteiger charge is -2.38. The molecule has 0 saturated carbocycles. The third-order valence-corrected chi connectivity index (χ3v) is 4.26. The minimum atomic E-state index is -0.615. The second-order valence-corrected chi connectivity index (χ2v) is 6.27. The molecule has 2 rings (SSSR count). The van der Waals surface area contributed by atoms with Crippen LogP contribution in [0.5, 0.6) is 0 Å². The van der Waals surface area contributed by atoms with E-state index in [0.29, 0.717) is 30.3 Å². The maximum absolute atomic E-state index is 14.4. The van der Waals surface area contributed by atoms with Crippen molar-refractivity contribution >= 4 is 42.3 Å². The van der Waals surface area contributed by atoms with Gasteiger partial charge in [0.1, 0.15) is 5.82 Å². The summed E-state index contributed by atoms with van der Waals surface area (Å²) < 4.78 is 19.9. The molecule has 3 N–H and O–H groups in total. The van der Waals surface area contributed by atoms with Crippen LogP contribution >= 0.6 is 36.4 Å². The molecule has 25 heavy (non-hydrogen) atoms. The van der Waals surface area contributed by atoms with Gasteiger partial charge in [-0.2, -0.15) is 0 Å². The highest BCUT2D eigenvalue weighted by Crippen LogP contribution is 2.31. The molecule has 1 aromatic carbocycles. The van der Waals surface area contributed by atoms with Gasteiger partial charge in [0.25, 0.3) is 0 Å². The van der Waals surface area contributed by atoms with E-state index in [1.807, 2.05) is 6.92 Å². The first-order chi connectivity index (χ1) is 10.9. The minimum Gasteiger partial charge on any atom is -0.376 e. The standard InChI is InChI=1S/C16H23ClFN3O2.2ClH/c1-10-9-21(6-7-23-10)14(8-20-16(22)11(2)19)15-12(17)4-3-5-13(15)18;;/h3-5,10-11,14H,6-9,19H2,1-2H3,(H,20,22);2*1H/t10?,11-,14?;;/m1../s1. The highest BCUT2D eigenvalue weighted by molar-refractivity contribution is 6.31. The first-order valence-corrected chi connectivity index (χ1v) is 8.10. The van der Waals surface area contributed by atoms with Crippen LogP contribution in [0.25, 0.3) is 0 Å². The predicted molar refractivity (Wildman–Crippen MR) is 102 cm³/mol. The molecule has 3 atom stereocenters. The van der Waals surface area contributed by atoms with Gasteiger partial charge in [0.05, 0.1) is 24.8 Å². The summed E-state index contributed by atoms with van der Waals surface area (Å²) in [4.78, 5) is 13.9. The Morgan fingerprint density at radius 1 is 1.52 bits per heavy atom. The number of amides is 1. The van der Waals surface area contributed by atoms with Gasteiger partial charge >= 0.3 is 0 Å². The quantitative estimate of drug-likeness (QED) is 0.774. The summed E-state index contributed by atoms with van der Waals surface area (Å²) in [6.07, 6.45) is 0.0425. The van der Waals surface area contributed by atoms with Gasteiger partial charge in [-0.3, -0.25) is 9.69 Å². The maximum Gasteiger partial charge on any atom is 0.236 e. The van der Waals surface area contributed by atoms with Crippen molar-refractivity contribution in [1.29, 1.82) is 0 Å². The smallest absolute Gasteiger partial charge is 0.236 e. The van der Waals surface area contributed by atoms with Crippen LogP contribution < -0.4 is 11.1 Å². The van der Waals surface area contributed by atoms with Crippen LogP contribution in [0.3, 0.4) is 0 Å². The number of benzene rings is 1. The summed E-state index contributed by atoms with van der Waals surface area (Å²) in [6, 6.07) is 3.63. The Morgan fingerprint density at radius 3 is 2.76 bits per heavy atom. The highest BCUT2D eigenvalue weighted by atomic mass is 35.5. The number of halogens is 4. The topological polar surface area (TPSA) is 67.6 Å². The fourth-order valence-electron chi connectivity index (χ4n) is 2.73. The second-order valence-electron chi connectivity index (χ2n) is 5.86. The van der Waals surface area contributed by atoms with Crippen LogP contribution in [0.2, 0.25) is 5.02 Å². The van der Waals surface area contributed by atoms with E-state index in [0.717, 1.165) is 0 Å². The van der Waals surface area contributed by atoms with Gasteiger partial charge in [0, 0.05) is 30.2 Å². The van der Waals surface area contributed by atoms with Crippen molar-refractivity contribution < 1.29 is 13.9 Å². The Labute approximate surface area is 165 Å². The molecule has 0 aromatic heterocycles. The molecule has 1 aliphatic heterocycles. The van der Waals surface area contributed by atoms with E-state index >= 15 is 0 Å². The zero-order valence-electron chi connectivity index (χ0n) is 14.2. The Kier molecular flexibility index (Phi) is 10.9. The van der Waals surface area contributed by atoms with Crippen molar-refractivity contribution in [3.8, 4) is 0 Å². The number of hydrogen-bond acceptors (Lipinski definition) is 4. The number of ether oxygens (including phenoxy) is 1. The Hall–Kier alpha value is -0.630. The van der Waals surface area contributed by atoms with E-state index in [9.17, 15) is 9.18 Å². The first kappa shape index (κ1) is 24.4. The summed E-state index contributed by atoms with van der Waals surface area (Å²) >= 11 is 6.22. The van der Waals surface area contributed by atoms with Crippen LogP contribution in [0.15, 0.2) is 18.2 Å². The maximum atomic E-state index is 14.4. The molecule has 1 aliphatic rings. The summed E-state index contributed by atoms with van der Waals surface area (Å²) in [5, 5.41) is 3.13. The van der Waals surface area contributed by atoms with Crippen LogP contribution in [-0.4, -0.2) is 49.2 Å². The highest BCUT2D eigenvalue weighted by Gasteiger charge is 2.29. The van der Waals surface area contributed by atoms with Crippen molar-refractivity contribution in [2.24, 2.45) is 5.73 Å². The van der Waals surface area contributed by atoms with E-state index in [1.54, 1.807) is 19.1 Å².